The predicted molar refractivity (Wildman–Crippen MR) is 114 cm³/mol. The van der Waals surface area contributed by atoms with Crippen LogP contribution in [-0.4, -0.2) is 22.4 Å². The van der Waals surface area contributed by atoms with Crippen LogP contribution < -0.4 is 10.1 Å². The Labute approximate surface area is 166 Å². The van der Waals surface area contributed by atoms with Crippen molar-refractivity contribution in [1.29, 1.82) is 0 Å². The minimum Gasteiger partial charge on any atom is -0.496 e. The number of carbonyl (C=O) groups is 1. The number of methoxy groups -OCH3 is 1. The van der Waals surface area contributed by atoms with Crippen molar-refractivity contribution in [3.63, 3.8) is 0 Å². The number of pyridine rings is 1. The average Bonchev–Trinajstić information content (AvgIpc) is 3.06. The largest absolute Gasteiger partial charge is 0.496 e. The number of para-hydroxylation sites is 1. The van der Waals surface area contributed by atoms with Gasteiger partial charge < -0.3 is 10.1 Å². The highest BCUT2D eigenvalue weighted by atomic mass is 16.5. The van der Waals surface area contributed by atoms with Gasteiger partial charge in [0.25, 0.3) is 0 Å². The molecule has 5 nitrogen and oxygen atoms in total. The van der Waals surface area contributed by atoms with E-state index in [9.17, 15) is 4.79 Å². The molecule has 0 saturated heterocycles. The second-order valence-electron chi connectivity index (χ2n) is 7.18. The van der Waals surface area contributed by atoms with E-state index in [4.69, 9.17) is 9.72 Å². The number of aromatic nitrogens is 2. The second-order valence-corrected chi connectivity index (χ2v) is 7.18. The number of anilines is 1. The number of aryl methyl sites for hydroxylation is 1. The van der Waals surface area contributed by atoms with Crippen LogP contribution in [0.3, 0.4) is 0 Å². The quantitative estimate of drug-likeness (QED) is 0.564. The molecule has 0 radical (unpaired) electrons. The van der Waals surface area contributed by atoms with E-state index >= 15 is 0 Å². The second kappa shape index (κ2) is 8.91. The first kappa shape index (κ1) is 19.9. The van der Waals surface area contributed by atoms with E-state index in [1.165, 1.54) is 0 Å². The number of unbranched alkanes of at least 4 members (excludes halogenated alkanes) is 1. The van der Waals surface area contributed by atoms with Crippen LogP contribution in [0.2, 0.25) is 0 Å². The SMILES string of the molecule is CCCC[C@@H](CC)C(=O)Nc1c(-c2ccccc2OC)nc2ccc(C)cn12. The molecule has 0 aliphatic carbocycles. The van der Waals surface area contributed by atoms with Crippen LogP contribution in [0.15, 0.2) is 42.6 Å². The van der Waals surface area contributed by atoms with Gasteiger partial charge in [0.05, 0.1) is 7.11 Å². The van der Waals surface area contributed by atoms with Crippen LogP contribution in [0.25, 0.3) is 16.9 Å². The molecule has 0 unspecified atom stereocenters. The summed E-state index contributed by atoms with van der Waals surface area (Å²) in [5, 5.41) is 3.18. The lowest BCUT2D eigenvalue weighted by molar-refractivity contribution is -0.120. The van der Waals surface area contributed by atoms with Crippen molar-refractivity contribution in [2.24, 2.45) is 5.92 Å². The predicted octanol–water partition coefficient (Wildman–Crippen LogP) is 5.47. The highest BCUT2D eigenvalue weighted by Gasteiger charge is 2.22. The van der Waals surface area contributed by atoms with Crippen molar-refractivity contribution in [1.82, 2.24) is 9.38 Å². The van der Waals surface area contributed by atoms with Crippen LogP contribution in [0, 0.1) is 12.8 Å². The lowest BCUT2D eigenvalue weighted by atomic mass is 9.98. The van der Waals surface area contributed by atoms with Gasteiger partial charge in [0.2, 0.25) is 5.91 Å². The Morgan fingerprint density at radius 2 is 2.00 bits per heavy atom. The maximum atomic E-state index is 13.0. The van der Waals surface area contributed by atoms with E-state index < -0.39 is 0 Å². The Kier molecular flexibility index (Phi) is 6.34. The van der Waals surface area contributed by atoms with Gasteiger partial charge >= 0.3 is 0 Å². The number of benzene rings is 1. The number of ether oxygens (including phenoxy) is 1. The van der Waals surface area contributed by atoms with Crippen molar-refractivity contribution in [3.8, 4) is 17.0 Å². The summed E-state index contributed by atoms with van der Waals surface area (Å²) in [4.78, 5) is 17.8. The molecule has 5 heteroatoms. The average molecular weight is 380 g/mol. The zero-order chi connectivity index (χ0) is 20.1. The standard InChI is InChI=1S/C23H29N3O2/c1-5-7-10-17(6-2)23(27)25-22-21(18-11-8-9-12-19(18)28-4)24-20-14-13-16(3)15-26(20)22/h8-9,11-15,17H,5-7,10H2,1-4H3,(H,25,27)/t17-/m1/s1. The molecule has 1 N–H and O–H groups in total. The molecule has 2 aromatic heterocycles. The topological polar surface area (TPSA) is 55.6 Å². The highest BCUT2D eigenvalue weighted by Crippen LogP contribution is 2.35. The summed E-state index contributed by atoms with van der Waals surface area (Å²) in [5.41, 5.74) is 3.48. The van der Waals surface area contributed by atoms with Crippen LogP contribution in [0.4, 0.5) is 5.82 Å². The van der Waals surface area contributed by atoms with Gasteiger partial charge in [-0.2, -0.15) is 0 Å². The van der Waals surface area contributed by atoms with Crippen molar-refractivity contribution in [3.05, 3.63) is 48.2 Å². The van der Waals surface area contributed by atoms with Crippen molar-refractivity contribution >= 4 is 17.4 Å². The molecule has 0 aliphatic heterocycles. The molecule has 3 rings (SSSR count). The summed E-state index contributed by atoms with van der Waals surface area (Å²) in [6, 6.07) is 11.8. The first-order valence-electron chi connectivity index (χ1n) is 10.0. The normalized spacial score (nSPS) is 12.1. The van der Waals surface area contributed by atoms with Gasteiger partial charge in [0, 0.05) is 17.7 Å². The monoisotopic (exact) mass is 379 g/mol. The Morgan fingerprint density at radius 1 is 1.21 bits per heavy atom. The summed E-state index contributed by atoms with van der Waals surface area (Å²) in [6.07, 6.45) is 5.87. The molecule has 2 heterocycles. The third-order valence-corrected chi connectivity index (χ3v) is 5.14. The minimum atomic E-state index is 0.000767. The number of rotatable bonds is 8. The lowest BCUT2D eigenvalue weighted by Crippen LogP contribution is -2.23. The van der Waals surface area contributed by atoms with Gasteiger partial charge in [-0.05, 0) is 43.5 Å². The van der Waals surface area contributed by atoms with Crippen molar-refractivity contribution < 1.29 is 9.53 Å². The Hall–Kier alpha value is -2.82. The van der Waals surface area contributed by atoms with Gasteiger partial charge in [-0.1, -0.05) is 44.9 Å². The molecule has 1 aromatic carbocycles. The molecule has 28 heavy (non-hydrogen) atoms. The Balaban J connectivity index is 2.09. The molecule has 0 spiro atoms. The fraction of sp³-hybridized carbons (Fsp3) is 0.391. The number of hydrogen-bond acceptors (Lipinski definition) is 3. The van der Waals surface area contributed by atoms with Gasteiger partial charge in [-0.3, -0.25) is 9.20 Å². The highest BCUT2D eigenvalue weighted by molar-refractivity contribution is 5.96. The van der Waals surface area contributed by atoms with E-state index in [0.717, 1.165) is 53.9 Å². The fourth-order valence-corrected chi connectivity index (χ4v) is 3.49. The fourth-order valence-electron chi connectivity index (χ4n) is 3.49. The first-order valence-corrected chi connectivity index (χ1v) is 10.0. The Morgan fingerprint density at radius 3 is 2.71 bits per heavy atom. The van der Waals surface area contributed by atoms with E-state index in [2.05, 4.69) is 19.2 Å². The molecule has 0 saturated carbocycles. The van der Waals surface area contributed by atoms with E-state index in [0.29, 0.717) is 5.82 Å². The maximum absolute atomic E-state index is 13.0. The van der Waals surface area contributed by atoms with Gasteiger partial charge in [-0.15, -0.1) is 0 Å². The summed E-state index contributed by atoms with van der Waals surface area (Å²) < 4.78 is 7.50. The number of nitrogens with one attached hydrogen (secondary N) is 1. The van der Waals surface area contributed by atoms with Crippen molar-refractivity contribution in [2.75, 3.05) is 12.4 Å². The van der Waals surface area contributed by atoms with E-state index in [1.807, 2.05) is 53.9 Å². The zero-order valence-corrected chi connectivity index (χ0v) is 17.2. The van der Waals surface area contributed by atoms with Crippen LogP contribution in [-0.2, 0) is 4.79 Å². The lowest BCUT2D eigenvalue weighted by Gasteiger charge is -2.16. The molecule has 1 atom stereocenters. The van der Waals surface area contributed by atoms with Crippen LogP contribution in [0.5, 0.6) is 5.75 Å². The third-order valence-electron chi connectivity index (χ3n) is 5.14. The smallest absolute Gasteiger partial charge is 0.228 e. The number of fused-ring (bicyclic) bond motifs is 1. The number of hydrogen-bond donors (Lipinski definition) is 1. The molecular formula is C23H29N3O2. The number of nitrogens with zero attached hydrogens (tertiary/aromatic N) is 2. The summed E-state index contributed by atoms with van der Waals surface area (Å²) in [7, 11) is 1.65. The van der Waals surface area contributed by atoms with Crippen LogP contribution in [0.1, 0.15) is 45.1 Å². The summed E-state index contributed by atoms with van der Waals surface area (Å²) >= 11 is 0. The third kappa shape index (κ3) is 4.03. The zero-order valence-electron chi connectivity index (χ0n) is 17.2. The maximum Gasteiger partial charge on any atom is 0.228 e. The van der Waals surface area contributed by atoms with Crippen molar-refractivity contribution in [2.45, 2.75) is 46.5 Å². The van der Waals surface area contributed by atoms with Crippen LogP contribution >= 0.6 is 0 Å². The van der Waals surface area contributed by atoms with E-state index in [1.54, 1.807) is 7.11 Å². The molecule has 3 aromatic rings. The van der Waals surface area contributed by atoms with Gasteiger partial charge in [0.15, 0.2) is 0 Å². The minimum absolute atomic E-state index is 0.000767. The number of carbonyl (C=O) groups excluding carboxylic acids is 1. The molecule has 0 fully saturated rings. The van der Waals surface area contributed by atoms with Gasteiger partial charge in [-0.25, -0.2) is 4.98 Å². The Bertz CT molecular complexity index is 962. The summed E-state index contributed by atoms with van der Waals surface area (Å²) in [6.45, 7) is 6.25. The van der Waals surface area contributed by atoms with E-state index in [-0.39, 0.29) is 11.8 Å². The molecular weight excluding hydrogens is 350 g/mol. The number of amides is 1. The first-order chi connectivity index (χ1) is 13.6. The number of imidazole rings is 1. The molecule has 0 bridgehead atoms. The molecule has 1 amide bonds. The molecule has 148 valence electrons. The van der Waals surface area contributed by atoms with Gasteiger partial charge in [0.1, 0.15) is 22.9 Å². The summed E-state index contributed by atoms with van der Waals surface area (Å²) in [5.74, 6) is 1.48. The molecule has 0 aliphatic rings.